The van der Waals surface area contributed by atoms with E-state index in [1.54, 1.807) is 6.07 Å². The normalized spacial score (nSPS) is 12.8. The van der Waals surface area contributed by atoms with Crippen molar-refractivity contribution in [1.82, 2.24) is 15.5 Å². The van der Waals surface area contributed by atoms with Crippen LogP contribution in [0.3, 0.4) is 0 Å². The molecule has 0 aliphatic heterocycles. The molecular formula is C21H16F6N4O2S. The Morgan fingerprint density at radius 1 is 0.941 bits per heavy atom. The molecule has 3 aromatic rings. The molecule has 0 saturated heterocycles. The molecule has 6 nitrogen and oxygen atoms in total. The first-order valence-electron chi connectivity index (χ1n) is 9.56. The second-order valence-electron chi connectivity index (χ2n) is 7.26. The third kappa shape index (κ3) is 6.10. The number of carbonyl (C=O) groups excluding carboxylic acids is 2. The number of benzene rings is 2. The second kappa shape index (κ2) is 9.41. The number of amides is 2. The number of alkyl halides is 6. The van der Waals surface area contributed by atoms with E-state index < -0.39 is 46.9 Å². The van der Waals surface area contributed by atoms with Crippen LogP contribution in [0.2, 0.25) is 0 Å². The van der Waals surface area contributed by atoms with Crippen molar-refractivity contribution in [1.29, 1.82) is 0 Å². The largest absolute Gasteiger partial charge is 0.416 e. The maximum absolute atomic E-state index is 13.0. The Bertz CT molecular complexity index is 1190. The van der Waals surface area contributed by atoms with Crippen molar-refractivity contribution in [3.05, 3.63) is 64.7 Å². The van der Waals surface area contributed by atoms with Gasteiger partial charge in [0.2, 0.25) is 11.0 Å². The molecule has 0 radical (unpaired) electrons. The van der Waals surface area contributed by atoms with Crippen molar-refractivity contribution in [3.63, 3.8) is 0 Å². The van der Waals surface area contributed by atoms with E-state index in [0.717, 1.165) is 22.5 Å². The second-order valence-corrected chi connectivity index (χ2v) is 8.24. The van der Waals surface area contributed by atoms with E-state index in [-0.39, 0.29) is 23.3 Å². The summed E-state index contributed by atoms with van der Waals surface area (Å²) in [7, 11) is 0. The van der Waals surface area contributed by atoms with Crippen LogP contribution < -0.4 is 10.6 Å². The first-order chi connectivity index (χ1) is 15.7. The number of nitrogens with one attached hydrogen (secondary N) is 2. The van der Waals surface area contributed by atoms with Gasteiger partial charge in [0.05, 0.1) is 11.1 Å². The summed E-state index contributed by atoms with van der Waals surface area (Å²) in [5.74, 6) is -2.07. The summed E-state index contributed by atoms with van der Waals surface area (Å²) in [4.78, 5) is 24.7. The highest BCUT2D eigenvalue weighted by atomic mass is 32.1. The number of rotatable bonds is 5. The average molecular weight is 502 g/mol. The molecule has 13 heteroatoms. The Hall–Kier alpha value is -3.48. The molecule has 1 heterocycles. The average Bonchev–Trinajstić information content (AvgIpc) is 3.20. The lowest BCUT2D eigenvalue weighted by atomic mass is 10.0. The topological polar surface area (TPSA) is 84.0 Å². The van der Waals surface area contributed by atoms with Crippen LogP contribution in [0.5, 0.6) is 0 Å². The summed E-state index contributed by atoms with van der Waals surface area (Å²) >= 11 is 1.05. The minimum atomic E-state index is -5.11. The van der Waals surface area contributed by atoms with E-state index in [1.807, 2.05) is 25.1 Å². The SMILES string of the molecule is Cc1cccc(-c2nnc(NC(=O)C(C)NC(=O)c3cc(C(F)(F)F)cc(C(F)(F)F)c3)s2)c1. The van der Waals surface area contributed by atoms with Gasteiger partial charge in [0.1, 0.15) is 11.0 Å². The molecule has 2 N–H and O–H groups in total. The highest BCUT2D eigenvalue weighted by Gasteiger charge is 2.37. The highest BCUT2D eigenvalue weighted by molar-refractivity contribution is 7.18. The number of hydrogen-bond acceptors (Lipinski definition) is 5. The van der Waals surface area contributed by atoms with Gasteiger partial charge in [-0.2, -0.15) is 26.3 Å². The fourth-order valence-corrected chi connectivity index (χ4v) is 3.56. The molecule has 0 aliphatic rings. The van der Waals surface area contributed by atoms with Crippen LogP contribution in [0.15, 0.2) is 42.5 Å². The van der Waals surface area contributed by atoms with E-state index in [0.29, 0.717) is 5.01 Å². The monoisotopic (exact) mass is 502 g/mol. The van der Waals surface area contributed by atoms with Crippen LogP contribution >= 0.6 is 11.3 Å². The van der Waals surface area contributed by atoms with Gasteiger partial charge in [-0.3, -0.25) is 14.9 Å². The predicted octanol–water partition coefficient (Wildman–Crippen LogP) is 5.31. The zero-order valence-corrected chi connectivity index (χ0v) is 18.3. The van der Waals surface area contributed by atoms with E-state index >= 15 is 0 Å². The molecule has 2 aromatic carbocycles. The van der Waals surface area contributed by atoms with Crippen LogP contribution in [0, 0.1) is 6.92 Å². The number of halogens is 6. The zero-order chi connectivity index (χ0) is 25.3. The van der Waals surface area contributed by atoms with E-state index in [2.05, 4.69) is 20.8 Å². The molecule has 0 bridgehead atoms. The molecule has 1 aromatic heterocycles. The number of anilines is 1. The zero-order valence-electron chi connectivity index (χ0n) is 17.5. The van der Waals surface area contributed by atoms with Gasteiger partial charge in [-0.15, -0.1) is 10.2 Å². The number of nitrogens with zero attached hydrogens (tertiary/aromatic N) is 2. The summed E-state index contributed by atoms with van der Waals surface area (Å²) in [5, 5.41) is 12.9. The minimum absolute atomic E-state index is 0.0891. The summed E-state index contributed by atoms with van der Waals surface area (Å²) < 4.78 is 78.0. The summed E-state index contributed by atoms with van der Waals surface area (Å²) in [5.41, 5.74) is -2.41. The van der Waals surface area contributed by atoms with E-state index in [4.69, 9.17) is 0 Å². The maximum atomic E-state index is 13.0. The van der Waals surface area contributed by atoms with Gasteiger partial charge in [-0.25, -0.2) is 0 Å². The third-order valence-corrected chi connectivity index (χ3v) is 5.40. The smallest absolute Gasteiger partial charge is 0.341 e. The van der Waals surface area contributed by atoms with Crippen molar-refractivity contribution in [2.45, 2.75) is 32.2 Å². The molecule has 0 aliphatic carbocycles. The van der Waals surface area contributed by atoms with Gasteiger partial charge in [-0.1, -0.05) is 35.1 Å². The molecule has 1 atom stereocenters. The summed E-state index contributed by atoms with van der Waals surface area (Å²) in [6.07, 6.45) is -10.2. The van der Waals surface area contributed by atoms with Gasteiger partial charge in [0.25, 0.3) is 5.91 Å². The molecule has 3 rings (SSSR count). The van der Waals surface area contributed by atoms with Crippen molar-refractivity contribution < 1.29 is 35.9 Å². The lowest BCUT2D eigenvalue weighted by molar-refractivity contribution is -0.143. The van der Waals surface area contributed by atoms with E-state index in [9.17, 15) is 35.9 Å². The standard InChI is InChI=1S/C21H16F6N4O2S/c1-10-4-3-5-12(6-10)18-30-31-19(34-18)29-16(32)11(2)28-17(33)13-7-14(20(22,23)24)9-15(8-13)21(25,26)27/h3-9,11H,1-2H3,(H,28,33)(H,29,31,32). The highest BCUT2D eigenvalue weighted by Crippen LogP contribution is 2.36. The van der Waals surface area contributed by atoms with Crippen molar-refractivity contribution in [3.8, 4) is 10.6 Å². The molecule has 34 heavy (non-hydrogen) atoms. The van der Waals surface area contributed by atoms with Crippen molar-refractivity contribution >= 4 is 28.3 Å². The van der Waals surface area contributed by atoms with Crippen molar-refractivity contribution in [2.75, 3.05) is 5.32 Å². The maximum Gasteiger partial charge on any atom is 0.416 e. The quantitative estimate of drug-likeness (QED) is 0.464. The van der Waals surface area contributed by atoms with Crippen LogP contribution in [0.1, 0.15) is 34.0 Å². The van der Waals surface area contributed by atoms with Gasteiger partial charge in [0.15, 0.2) is 0 Å². The molecular weight excluding hydrogens is 486 g/mol. The summed E-state index contributed by atoms with van der Waals surface area (Å²) in [6, 6.07) is 6.55. The molecule has 0 spiro atoms. The molecule has 2 amide bonds. The molecule has 1 unspecified atom stereocenters. The van der Waals surface area contributed by atoms with Gasteiger partial charge in [-0.05, 0) is 38.1 Å². The molecule has 0 saturated carbocycles. The minimum Gasteiger partial charge on any atom is -0.341 e. The van der Waals surface area contributed by atoms with Gasteiger partial charge < -0.3 is 5.32 Å². The van der Waals surface area contributed by atoms with Gasteiger partial charge >= 0.3 is 12.4 Å². The van der Waals surface area contributed by atoms with E-state index in [1.165, 1.54) is 6.92 Å². The van der Waals surface area contributed by atoms with Crippen LogP contribution in [-0.4, -0.2) is 28.1 Å². The Morgan fingerprint density at radius 2 is 1.56 bits per heavy atom. The molecule has 0 fully saturated rings. The number of aryl methyl sites for hydroxylation is 1. The Morgan fingerprint density at radius 3 is 2.12 bits per heavy atom. The lowest BCUT2D eigenvalue weighted by Gasteiger charge is -2.16. The van der Waals surface area contributed by atoms with Crippen LogP contribution in [0.25, 0.3) is 10.6 Å². The number of hydrogen-bond donors (Lipinski definition) is 2. The van der Waals surface area contributed by atoms with Crippen LogP contribution in [0.4, 0.5) is 31.5 Å². The first kappa shape index (κ1) is 25.1. The Kier molecular flexibility index (Phi) is 6.96. The predicted molar refractivity (Wildman–Crippen MR) is 112 cm³/mol. The lowest BCUT2D eigenvalue weighted by Crippen LogP contribution is -2.41. The fraction of sp³-hybridized carbons (Fsp3) is 0.238. The van der Waals surface area contributed by atoms with Gasteiger partial charge in [0, 0.05) is 11.1 Å². The Balaban J connectivity index is 1.73. The molecule has 180 valence electrons. The summed E-state index contributed by atoms with van der Waals surface area (Å²) in [6.45, 7) is 3.10. The number of aromatic nitrogens is 2. The van der Waals surface area contributed by atoms with Crippen molar-refractivity contribution in [2.24, 2.45) is 0 Å². The van der Waals surface area contributed by atoms with Crippen LogP contribution in [-0.2, 0) is 17.1 Å². The fourth-order valence-electron chi connectivity index (χ4n) is 2.81. The number of carbonyl (C=O) groups is 2. The first-order valence-corrected chi connectivity index (χ1v) is 10.4. The third-order valence-electron chi connectivity index (χ3n) is 4.51. The Labute approximate surface area is 193 Å².